The molecule has 0 bridgehead atoms. The lowest BCUT2D eigenvalue weighted by Gasteiger charge is -2.16. The highest BCUT2D eigenvalue weighted by atomic mass is 19.4. The number of para-hydroxylation sites is 1. The lowest BCUT2D eigenvalue weighted by molar-refractivity contribution is -0.137. The number of nitrogens with zero attached hydrogens (tertiary/aromatic N) is 2. The van der Waals surface area contributed by atoms with E-state index in [-0.39, 0.29) is 17.3 Å². The number of alkyl halides is 3. The SMILES string of the molecule is CN(C)c1cc(Oc2cccc(C(F)(F)F)c2)nc(C(=O)Nc2ccccc2)c1. The molecule has 2 aromatic carbocycles. The Bertz CT molecular complexity index is 1010. The molecule has 0 unspecified atom stereocenters. The summed E-state index contributed by atoms with van der Waals surface area (Å²) in [6, 6.07) is 16.4. The summed E-state index contributed by atoms with van der Waals surface area (Å²) < 4.78 is 44.3. The van der Waals surface area contributed by atoms with Crippen molar-refractivity contribution < 1.29 is 22.7 Å². The summed E-state index contributed by atoms with van der Waals surface area (Å²) in [5.41, 5.74) is 0.443. The van der Waals surface area contributed by atoms with Gasteiger partial charge in [-0.25, -0.2) is 4.98 Å². The van der Waals surface area contributed by atoms with E-state index in [9.17, 15) is 18.0 Å². The molecule has 0 saturated carbocycles. The van der Waals surface area contributed by atoms with Crippen molar-refractivity contribution >= 4 is 17.3 Å². The number of hydrogen-bond acceptors (Lipinski definition) is 4. The Kier molecular flexibility index (Phi) is 5.72. The highest BCUT2D eigenvalue weighted by Gasteiger charge is 2.30. The lowest BCUT2D eigenvalue weighted by atomic mass is 10.2. The minimum atomic E-state index is -4.49. The van der Waals surface area contributed by atoms with Crippen molar-refractivity contribution in [2.24, 2.45) is 0 Å². The molecule has 0 saturated heterocycles. The number of halogens is 3. The second kappa shape index (κ2) is 8.22. The summed E-state index contributed by atoms with van der Waals surface area (Å²) in [6.45, 7) is 0. The van der Waals surface area contributed by atoms with Gasteiger partial charge in [0.25, 0.3) is 5.91 Å². The summed E-state index contributed by atoms with van der Waals surface area (Å²) in [4.78, 5) is 18.5. The Morgan fingerprint density at radius 2 is 1.72 bits per heavy atom. The first kappa shape index (κ1) is 20.2. The Hall–Kier alpha value is -3.55. The van der Waals surface area contributed by atoms with Crippen molar-refractivity contribution in [3.63, 3.8) is 0 Å². The molecule has 1 heterocycles. The summed E-state index contributed by atoms with van der Waals surface area (Å²) >= 11 is 0. The van der Waals surface area contributed by atoms with Crippen LogP contribution in [-0.2, 0) is 6.18 Å². The zero-order valence-electron chi connectivity index (χ0n) is 15.7. The van der Waals surface area contributed by atoms with Gasteiger partial charge in [-0.15, -0.1) is 0 Å². The third-order valence-corrected chi connectivity index (χ3v) is 3.95. The van der Waals surface area contributed by atoms with Gasteiger partial charge in [-0.1, -0.05) is 24.3 Å². The molecule has 1 aromatic heterocycles. The van der Waals surface area contributed by atoms with Gasteiger partial charge in [-0.05, 0) is 36.4 Å². The van der Waals surface area contributed by atoms with Crippen LogP contribution >= 0.6 is 0 Å². The Morgan fingerprint density at radius 3 is 2.38 bits per heavy atom. The van der Waals surface area contributed by atoms with Crippen LogP contribution in [0.2, 0.25) is 0 Å². The van der Waals surface area contributed by atoms with Crippen LogP contribution in [0, 0.1) is 0 Å². The van der Waals surface area contributed by atoms with Crippen molar-refractivity contribution in [3.8, 4) is 11.6 Å². The van der Waals surface area contributed by atoms with Gasteiger partial charge >= 0.3 is 6.18 Å². The van der Waals surface area contributed by atoms with E-state index in [2.05, 4.69) is 10.3 Å². The molecule has 150 valence electrons. The van der Waals surface area contributed by atoms with Crippen LogP contribution in [-0.4, -0.2) is 25.0 Å². The highest BCUT2D eigenvalue weighted by Crippen LogP contribution is 2.33. The van der Waals surface area contributed by atoms with Gasteiger partial charge < -0.3 is 15.0 Å². The van der Waals surface area contributed by atoms with Crippen molar-refractivity contribution in [2.45, 2.75) is 6.18 Å². The van der Waals surface area contributed by atoms with Crippen LogP contribution in [0.15, 0.2) is 66.7 Å². The minimum absolute atomic E-state index is 0.00809. The smallest absolute Gasteiger partial charge is 0.416 e. The maximum absolute atomic E-state index is 12.9. The van der Waals surface area contributed by atoms with E-state index < -0.39 is 17.6 Å². The van der Waals surface area contributed by atoms with E-state index in [0.29, 0.717) is 11.4 Å². The summed E-state index contributed by atoms with van der Waals surface area (Å²) in [7, 11) is 3.53. The number of carbonyl (C=O) groups is 1. The number of anilines is 2. The van der Waals surface area contributed by atoms with Gasteiger partial charge in [0.05, 0.1) is 5.56 Å². The van der Waals surface area contributed by atoms with Gasteiger partial charge in [-0.3, -0.25) is 4.79 Å². The number of pyridine rings is 1. The van der Waals surface area contributed by atoms with Crippen LogP contribution in [0.3, 0.4) is 0 Å². The van der Waals surface area contributed by atoms with Gasteiger partial charge in [0, 0.05) is 31.5 Å². The second-order valence-corrected chi connectivity index (χ2v) is 6.39. The number of nitrogens with one attached hydrogen (secondary N) is 1. The molecule has 0 spiro atoms. The third-order valence-electron chi connectivity index (χ3n) is 3.95. The van der Waals surface area contributed by atoms with Crippen molar-refractivity contribution in [3.05, 3.63) is 78.0 Å². The minimum Gasteiger partial charge on any atom is -0.439 e. The Morgan fingerprint density at radius 1 is 1.00 bits per heavy atom. The van der Waals surface area contributed by atoms with E-state index >= 15 is 0 Å². The first-order valence-electron chi connectivity index (χ1n) is 8.63. The van der Waals surface area contributed by atoms with Gasteiger partial charge in [-0.2, -0.15) is 13.2 Å². The van der Waals surface area contributed by atoms with Crippen molar-refractivity contribution in [1.82, 2.24) is 4.98 Å². The van der Waals surface area contributed by atoms with Crippen LogP contribution in [0.25, 0.3) is 0 Å². The molecule has 0 aliphatic rings. The van der Waals surface area contributed by atoms with Crippen molar-refractivity contribution in [2.75, 3.05) is 24.3 Å². The molecule has 0 atom stereocenters. The standard InChI is InChI=1S/C21H18F3N3O2/c1-27(2)16-12-18(20(28)25-15-8-4-3-5-9-15)26-19(13-16)29-17-10-6-7-14(11-17)21(22,23)24/h3-13H,1-2H3,(H,25,28). The molecule has 8 heteroatoms. The number of hydrogen-bond donors (Lipinski definition) is 1. The number of carbonyl (C=O) groups excluding carboxylic acids is 1. The van der Waals surface area contributed by atoms with Crippen LogP contribution < -0.4 is 15.0 Å². The highest BCUT2D eigenvalue weighted by molar-refractivity contribution is 6.03. The van der Waals surface area contributed by atoms with Gasteiger partial charge in [0.2, 0.25) is 5.88 Å². The maximum atomic E-state index is 12.9. The first-order valence-corrected chi connectivity index (χ1v) is 8.63. The largest absolute Gasteiger partial charge is 0.439 e. The molecule has 3 aromatic rings. The quantitative estimate of drug-likeness (QED) is 0.638. The molecular weight excluding hydrogens is 383 g/mol. The average molecular weight is 401 g/mol. The summed E-state index contributed by atoms with van der Waals surface area (Å²) in [5, 5.41) is 2.72. The molecule has 0 fully saturated rings. The monoisotopic (exact) mass is 401 g/mol. The Labute approximate surface area is 165 Å². The van der Waals surface area contributed by atoms with Crippen LogP contribution in [0.1, 0.15) is 16.1 Å². The fourth-order valence-electron chi connectivity index (χ4n) is 2.49. The normalized spacial score (nSPS) is 11.1. The molecule has 0 radical (unpaired) electrons. The first-order chi connectivity index (χ1) is 13.7. The number of ether oxygens (including phenoxy) is 1. The number of amides is 1. The van der Waals surface area contributed by atoms with Crippen LogP contribution in [0.4, 0.5) is 24.5 Å². The Balaban J connectivity index is 1.90. The summed E-state index contributed by atoms with van der Waals surface area (Å²) in [5.74, 6) is -0.486. The molecular formula is C21H18F3N3O2. The predicted molar refractivity (Wildman–Crippen MR) is 104 cm³/mol. The van der Waals surface area contributed by atoms with E-state index in [1.807, 2.05) is 6.07 Å². The number of benzene rings is 2. The van der Waals surface area contributed by atoms with Crippen molar-refractivity contribution in [1.29, 1.82) is 0 Å². The number of aromatic nitrogens is 1. The molecule has 5 nitrogen and oxygen atoms in total. The zero-order chi connectivity index (χ0) is 21.0. The van der Waals surface area contributed by atoms with Crippen LogP contribution in [0.5, 0.6) is 11.6 Å². The lowest BCUT2D eigenvalue weighted by Crippen LogP contribution is -2.16. The molecule has 1 amide bonds. The zero-order valence-corrected chi connectivity index (χ0v) is 15.7. The van der Waals surface area contributed by atoms with E-state index in [0.717, 1.165) is 12.1 Å². The predicted octanol–water partition coefficient (Wildman–Crippen LogP) is 5.21. The molecule has 29 heavy (non-hydrogen) atoms. The molecule has 3 rings (SSSR count). The van der Waals surface area contributed by atoms with E-state index in [1.54, 1.807) is 55.4 Å². The average Bonchev–Trinajstić information content (AvgIpc) is 2.68. The van der Waals surface area contributed by atoms with E-state index in [1.165, 1.54) is 12.1 Å². The molecule has 0 aliphatic heterocycles. The molecule has 1 N–H and O–H groups in total. The third kappa shape index (κ3) is 5.25. The maximum Gasteiger partial charge on any atom is 0.416 e. The number of rotatable bonds is 5. The second-order valence-electron chi connectivity index (χ2n) is 6.39. The summed E-state index contributed by atoms with van der Waals surface area (Å²) in [6.07, 6.45) is -4.49. The van der Waals surface area contributed by atoms with Gasteiger partial charge in [0.15, 0.2) is 0 Å². The van der Waals surface area contributed by atoms with E-state index in [4.69, 9.17) is 4.74 Å². The van der Waals surface area contributed by atoms with Gasteiger partial charge in [0.1, 0.15) is 11.4 Å². The topological polar surface area (TPSA) is 54.5 Å². The fraction of sp³-hybridized carbons (Fsp3) is 0.143. The molecule has 0 aliphatic carbocycles. The fourth-order valence-corrected chi connectivity index (χ4v) is 2.49.